The Bertz CT molecular complexity index is 987. The fourth-order valence-electron chi connectivity index (χ4n) is 2.27. The van der Waals surface area contributed by atoms with Crippen LogP contribution in [0.3, 0.4) is 0 Å². The van der Waals surface area contributed by atoms with Crippen molar-refractivity contribution >= 4 is 32.6 Å². The van der Waals surface area contributed by atoms with Gasteiger partial charge in [0.15, 0.2) is 11.7 Å². The minimum Gasteiger partial charge on any atom is -0.308 e. The molecule has 1 aromatic heterocycles. The van der Waals surface area contributed by atoms with Gasteiger partial charge < -0.3 is 4.98 Å². The summed E-state index contributed by atoms with van der Waals surface area (Å²) in [6.07, 6.45) is 0. The Kier molecular flexibility index (Phi) is 4.04. The second-order valence-electron chi connectivity index (χ2n) is 4.90. The van der Waals surface area contributed by atoms with Gasteiger partial charge in [0.1, 0.15) is 5.82 Å². The molecule has 1 atom stereocenters. The smallest absolute Gasteiger partial charge is 0.258 e. The predicted molar refractivity (Wildman–Crippen MR) is 89.2 cm³/mol. The van der Waals surface area contributed by atoms with E-state index in [4.69, 9.17) is 0 Å². The topological polar surface area (TPSA) is 86.6 Å². The van der Waals surface area contributed by atoms with Crippen LogP contribution in [0.25, 0.3) is 10.9 Å². The molecule has 0 aliphatic heterocycles. The fourth-order valence-corrected chi connectivity index (χ4v) is 2.53. The molecule has 3 aromatic rings. The van der Waals surface area contributed by atoms with Crippen molar-refractivity contribution in [3.8, 4) is 6.07 Å². The van der Waals surface area contributed by atoms with Gasteiger partial charge in [-0.3, -0.25) is 9.59 Å². The van der Waals surface area contributed by atoms with Crippen molar-refractivity contribution in [3.05, 3.63) is 74.7 Å². The van der Waals surface area contributed by atoms with Crippen LogP contribution in [0.2, 0.25) is 0 Å². The van der Waals surface area contributed by atoms with Crippen molar-refractivity contribution < 1.29 is 4.79 Å². The molecule has 1 unspecified atom stereocenters. The first kappa shape index (κ1) is 15.1. The number of nitrogens with zero attached hydrogens (tertiary/aromatic N) is 2. The number of hydrogen-bond acceptors (Lipinski definition) is 4. The first-order valence-electron chi connectivity index (χ1n) is 6.78. The van der Waals surface area contributed by atoms with Gasteiger partial charge in [-0.1, -0.05) is 40.2 Å². The van der Waals surface area contributed by atoms with Gasteiger partial charge in [-0.25, -0.2) is 4.98 Å². The Labute approximate surface area is 139 Å². The SMILES string of the molecule is N#CC(C(=O)c1ccc(Br)cc1)c1nc2ccccc2c(=O)[nH]1. The van der Waals surface area contributed by atoms with E-state index in [0.717, 1.165) is 4.47 Å². The molecule has 0 bridgehead atoms. The summed E-state index contributed by atoms with van der Waals surface area (Å²) in [5.74, 6) is -1.50. The Morgan fingerprint density at radius 1 is 1.17 bits per heavy atom. The van der Waals surface area contributed by atoms with Gasteiger partial charge in [-0.2, -0.15) is 5.26 Å². The highest BCUT2D eigenvalue weighted by Crippen LogP contribution is 2.20. The van der Waals surface area contributed by atoms with E-state index in [0.29, 0.717) is 16.5 Å². The number of nitriles is 1. The minimum atomic E-state index is -1.16. The number of benzene rings is 2. The van der Waals surface area contributed by atoms with Gasteiger partial charge in [0.25, 0.3) is 5.56 Å². The Morgan fingerprint density at radius 2 is 1.87 bits per heavy atom. The maximum absolute atomic E-state index is 12.5. The van der Waals surface area contributed by atoms with Crippen molar-refractivity contribution in [1.29, 1.82) is 5.26 Å². The van der Waals surface area contributed by atoms with Crippen LogP contribution in [0.15, 0.2) is 57.8 Å². The van der Waals surface area contributed by atoms with Gasteiger partial charge in [-0.05, 0) is 24.3 Å². The lowest BCUT2D eigenvalue weighted by Crippen LogP contribution is -2.19. The number of ketones is 1. The largest absolute Gasteiger partial charge is 0.308 e. The summed E-state index contributed by atoms with van der Waals surface area (Å²) in [6, 6.07) is 15.4. The highest BCUT2D eigenvalue weighted by molar-refractivity contribution is 9.10. The third-order valence-electron chi connectivity index (χ3n) is 3.42. The lowest BCUT2D eigenvalue weighted by atomic mass is 9.98. The van der Waals surface area contributed by atoms with E-state index >= 15 is 0 Å². The Balaban J connectivity index is 2.08. The molecule has 23 heavy (non-hydrogen) atoms. The number of carbonyl (C=O) groups excluding carboxylic acids is 1. The standard InChI is InChI=1S/C17H10BrN3O2/c18-11-7-5-10(6-8-11)15(22)13(9-19)16-20-14-4-2-1-3-12(14)17(23)21-16/h1-8,13H,(H,20,21,23). The van der Waals surface area contributed by atoms with Crippen LogP contribution in [0, 0.1) is 11.3 Å². The monoisotopic (exact) mass is 367 g/mol. The first-order valence-corrected chi connectivity index (χ1v) is 7.58. The van der Waals surface area contributed by atoms with Crippen LogP contribution < -0.4 is 5.56 Å². The number of aromatic amines is 1. The first-order chi connectivity index (χ1) is 11.1. The fraction of sp³-hybridized carbons (Fsp3) is 0.0588. The van der Waals surface area contributed by atoms with E-state index in [1.807, 2.05) is 6.07 Å². The molecule has 0 saturated carbocycles. The van der Waals surface area contributed by atoms with E-state index in [1.165, 1.54) is 0 Å². The summed E-state index contributed by atoms with van der Waals surface area (Å²) in [5, 5.41) is 9.81. The van der Waals surface area contributed by atoms with Gasteiger partial charge >= 0.3 is 0 Å². The van der Waals surface area contributed by atoms with Gasteiger partial charge in [0, 0.05) is 10.0 Å². The molecule has 112 valence electrons. The zero-order chi connectivity index (χ0) is 16.4. The number of carbonyl (C=O) groups is 1. The molecule has 0 aliphatic carbocycles. The lowest BCUT2D eigenvalue weighted by molar-refractivity contribution is 0.0976. The summed E-state index contributed by atoms with van der Waals surface area (Å²) in [4.78, 5) is 31.4. The van der Waals surface area contributed by atoms with Crippen LogP contribution in [0.1, 0.15) is 22.1 Å². The molecule has 2 aromatic carbocycles. The van der Waals surface area contributed by atoms with Crippen molar-refractivity contribution in [2.75, 3.05) is 0 Å². The maximum Gasteiger partial charge on any atom is 0.258 e. The number of H-pyrrole nitrogens is 1. The molecule has 0 spiro atoms. The second-order valence-corrected chi connectivity index (χ2v) is 5.82. The molecular weight excluding hydrogens is 358 g/mol. The molecule has 3 rings (SSSR count). The summed E-state index contributed by atoms with van der Waals surface area (Å²) < 4.78 is 0.833. The van der Waals surface area contributed by atoms with Crippen molar-refractivity contribution in [2.45, 2.75) is 5.92 Å². The molecule has 1 N–H and O–H groups in total. The molecule has 0 saturated heterocycles. The molecule has 1 heterocycles. The summed E-state index contributed by atoms with van der Waals surface area (Å²) >= 11 is 3.29. The quantitative estimate of drug-likeness (QED) is 0.720. The van der Waals surface area contributed by atoms with Crippen LogP contribution in [0.4, 0.5) is 0 Å². The van der Waals surface area contributed by atoms with Crippen LogP contribution in [-0.2, 0) is 0 Å². The molecule has 0 radical (unpaired) electrons. The number of para-hydroxylation sites is 1. The van der Waals surface area contributed by atoms with Crippen molar-refractivity contribution in [3.63, 3.8) is 0 Å². The number of nitrogens with one attached hydrogen (secondary N) is 1. The van der Waals surface area contributed by atoms with Crippen LogP contribution in [0.5, 0.6) is 0 Å². The molecule has 6 heteroatoms. The van der Waals surface area contributed by atoms with E-state index in [1.54, 1.807) is 48.5 Å². The summed E-state index contributed by atoms with van der Waals surface area (Å²) in [7, 11) is 0. The maximum atomic E-state index is 12.5. The normalized spacial score (nSPS) is 11.8. The lowest BCUT2D eigenvalue weighted by Gasteiger charge is -2.09. The molecule has 0 amide bonds. The van der Waals surface area contributed by atoms with Gasteiger partial charge in [0.05, 0.1) is 17.0 Å². The zero-order valence-corrected chi connectivity index (χ0v) is 13.4. The van der Waals surface area contributed by atoms with Gasteiger partial charge in [-0.15, -0.1) is 0 Å². The number of aromatic nitrogens is 2. The molecule has 0 aliphatic rings. The molecule has 0 fully saturated rings. The highest BCUT2D eigenvalue weighted by Gasteiger charge is 2.24. The van der Waals surface area contributed by atoms with Crippen molar-refractivity contribution in [1.82, 2.24) is 9.97 Å². The van der Waals surface area contributed by atoms with E-state index in [9.17, 15) is 14.9 Å². The van der Waals surface area contributed by atoms with E-state index in [-0.39, 0.29) is 11.4 Å². The summed E-state index contributed by atoms with van der Waals surface area (Å²) in [5.41, 5.74) is 0.472. The number of fused-ring (bicyclic) bond motifs is 1. The molecular formula is C17H10BrN3O2. The van der Waals surface area contributed by atoms with Crippen molar-refractivity contribution in [2.24, 2.45) is 0 Å². The van der Waals surface area contributed by atoms with Crippen LogP contribution in [-0.4, -0.2) is 15.8 Å². The molecule has 5 nitrogen and oxygen atoms in total. The second kappa shape index (κ2) is 6.15. The van der Waals surface area contributed by atoms with Crippen LogP contribution >= 0.6 is 15.9 Å². The van der Waals surface area contributed by atoms with E-state index < -0.39 is 11.7 Å². The highest BCUT2D eigenvalue weighted by atomic mass is 79.9. The average Bonchev–Trinajstić information content (AvgIpc) is 2.56. The Morgan fingerprint density at radius 3 is 2.57 bits per heavy atom. The number of halogens is 1. The Hall–Kier alpha value is -2.78. The predicted octanol–water partition coefficient (Wildman–Crippen LogP) is 3.18. The minimum absolute atomic E-state index is 0.0594. The number of hydrogen-bond donors (Lipinski definition) is 1. The van der Waals surface area contributed by atoms with E-state index in [2.05, 4.69) is 25.9 Å². The summed E-state index contributed by atoms with van der Waals surface area (Å²) in [6.45, 7) is 0. The van der Waals surface area contributed by atoms with Gasteiger partial charge in [0.2, 0.25) is 0 Å². The third kappa shape index (κ3) is 2.91. The average molecular weight is 368 g/mol. The zero-order valence-electron chi connectivity index (χ0n) is 11.8. The number of rotatable bonds is 3. The number of Topliss-reactive ketones (excluding diaryl/α,β-unsaturated/α-hetero) is 1. The third-order valence-corrected chi connectivity index (χ3v) is 3.95.